The van der Waals surface area contributed by atoms with Crippen molar-refractivity contribution in [1.82, 2.24) is 4.90 Å². The van der Waals surface area contributed by atoms with Crippen LogP contribution in [0.3, 0.4) is 0 Å². The Morgan fingerprint density at radius 1 is 1.47 bits per heavy atom. The average molecular weight is 237 g/mol. The van der Waals surface area contributed by atoms with Crippen LogP contribution in [0, 0.1) is 0 Å². The topological polar surface area (TPSA) is 49.8 Å². The van der Waals surface area contributed by atoms with E-state index in [9.17, 15) is 4.79 Å². The minimum atomic E-state index is -0.799. The van der Waals surface area contributed by atoms with Crippen LogP contribution in [0.25, 0.3) is 0 Å². The molecule has 1 aromatic carbocycles. The van der Waals surface area contributed by atoms with E-state index in [1.54, 1.807) is 14.0 Å². The number of para-hydroxylation sites is 1. The van der Waals surface area contributed by atoms with Crippen LogP contribution in [-0.4, -0.2) is 42.7 Å². The van der Waals surface area contributed by atoms with E-state index in [2.05, 4.69) is 0 Å². The predicted octanol–water partition coefficient (Wildman–Crippen LogP) is 1.64. The standard InChI is InChI=1S/C13H19NO3/c1-10(13(15)16)14(2)9-8-11-6-4-5-7-12(11)17-3/h4-7,10H,8-9H2,1-3H3,(H,15,16). The van der Waals surface area contributed by atoms with Gasteiger partial charge < -0.3 is 9.84 Å². The van der Waals surface area contributed by atoms with E-state index >= 15 is 0 Å². The molecule has 0 spiro atoms. The van der Waals surface area contributed by atoms with E-state index in [4.69, 9.17) is 9.84 Å². The fourth-order valence-electron chi connectivity index (χ4n) is 1.59. The summed E-state index contributed by atoms with van der Waals surface area (Å²) in [4.78, 5) is 12.6. The maximum absolute atomic E-state index is 10.8. The zero-order chi connectivity index (χ0) is 12.8. The van der Waals surface area contributed by atoms with Gasteiger partial charge in [0.25, 0.3) is 0 Å². The summed E-state index contributed by atoms with van der Waals surface area (Å²) in [5.41, 5.74) is 1.10. The Kier molecular flexibility index (Phi) is 4.97. The molecule has 0 radical (unpaired) electrons. The molecule has 1 atom stereocenters. The molecule has 0 fully saturated rings. The maximum atomic E-state index is 10.8. The number of methoxy groups -OCH3 is 1. The van der Waals surface area contributed by atoms with Crippen LogP contribution in [0.15, 0.2) is 24.3 Å². The van der Waals surface area contributed by atoms with Gasteiger partial charge in [0.05, 0.1) is 7.11 Å². The van der Waals surface area contributed by atoms with Gasteiger partial charge in [-0.3, -0.25) is 9.69 Å². The lowest BCUT2D eigenvalue weighted by Crippen LogP contribution is -2.37. The third-order valence-electron chi connectivity index (χ3n) is 2.94. The number of nitrogens with zero attached hydrogens (tertiary/aromatic N) is 1. The van der Waals surface area contributed by atoms with Crippen molar-refractivity contribution in [3.8, 4) is 5.75 Å². The fourth-order valence-corrected chi connectivity index (χ4v) is 1.59. The highest BCUT2D eigenvalue weighted by molar-refractivity contribution is 5.72. The summed E-state index contributed by atoms with van der Waals surface area (Å²) in [5.74, 6) is 0.0522. The Hall–Kier alpha value is -1.55. The second kappa shape index (κ2) is 6.25. The zero-order valence-corrected chi connectivity index (χ0v) is 10.5. The van der Waals surface area contributed by atoms with Crippen molar-refractivity contribution in [2.24, 2.45) is 0 Å². The first-order valence-corrected chi connectivity index (χ1v) is 5.61. The van der Waals surface area contributed by atoms with Crippen molar-refractivity contribution < 1.29 is 14.6 Å². The van der Waals surface area contributed by atoms with Crippen LogP contribution in [0.4, 0.5) is 0 Å². The van der Waals surface area contributed by atoms with E-state index in [0.717, 1.165) is 17.7 Å². The van der Waals surface area contributed by atoms with E-state index in [-0.39, 0.29) is 0 Å². The van der Waals surface area contributed by atoms with Crippen LogP contribution < -0.4 is 4.74 Å². The Morgan fingerprint density at radius 3 is 2.71 bits per heavy atom. The molecule has 1 N–H and O–H groups in total. The number of benzene rings is 1. The average Bonchev–Trinajstić information content (AvgIpc) is 2.35. The largest absolute Gasteiger partial charge is 0.496 e. The van der Waals surface area contributed by atoms with Crippen molar-refractivity contribution in [3.63, 3.8) is 0 Å². The number of carboxylic acids is 1. The maximum Gasteiger partial charge on any atom is 0.320 e. The van der Waals surface area contributed by atoms with E-state index in [1.165, 1.54) is 0 Å². The first-order valence-electron chi connectivity index (χ1n) is 5.61. The van der Waals surface area contributed by atoms with Crippen molar-refractivity contribution >= 4 is 5.97 Å². The number of aliphatic carboxylic acids is 1. The summed E-state index contributed by atoms with van der Waals surface area (Å²) in [6.45, 7) is 2.37. The molecule has 0 saturated carbocycles. The normalized spacial score (nSPS) is 12.5. The molecule has 0 heterocycles. The molecule has 1 unspecified atom stereocenters. The summed E-state index contributed by atoms with van der Waals surface area (Å²) in [6.07, 6.45) is 0.776. The van der Waals surface area contributed by atoms with Crippen LogP contribution in [-0.2, 0) is 11.2 Å². The molecule has 4 nitrogen and oxygen atoms in total. The first-order chi connectivity index (χ1) is 8.06. The van der Waals surface area contributed by atoms with Crippen molar-refractivity contribution in [3.05, 3.63) is 29.8 Å². The minimum absolute atomic E-state index is 0.468. The number of rotatable bonds is 6. The van der Waals surface area contributed by atoms with Gasteiger partial charge in [-0.25, -0.2) is 0 Å². The van der Waals surface area contributed by atoms with E-state index in [0.29, 0.717) is 6.54 Å². The van der Waals surface area contributed by atoms with Gasteiger partial charge in [-0.05, 0) is 32.0 Å². The van der Waals surface area contributed by atoms with Crippen molar-refractivity contribution in [2.45, 2.75) is 19.4 Å². The molecule has 0 saturated heterocycles. The molecule has 1 aromatic rings. The van der Waals surface area contributed by atoms with Gasteiger partial charge in [0.15, 0.2) is 0 Å². The van der Waals surface area contributed by atoms with Gasteiger partial charge >= 0.3 is 5.97 Å². The molecule has 0 aliphatic carbocycles. The molecule has 4 heteroatoms. The highest BCUT2D eigenvalue weighted by atomic mass is 16.5. The summed E-state index contributed by atoms with van der Waals surface area (Å²) in [6, 6.07) is 7.32. The Morgan fingerprint density at radius 2 is 2.12 bits per heavy atom. The van der Waals surface area contributed by atoms with Crippen molar-refractivity contribution in [1.29, 1.82) is 0 Å². The van der Waals surface area contributed by atoms with Gasteiger partial charge in [-0.2, -0.15) is 0 Å². The molecular weight excluding hydrogens is 218 g/mol. The predicted molar refractivity (Wildman–Crippen MR) is 66.4 cm³/mol. The molecule has 17 heavy (non-hydrogen) atoms. The number of hydrogen-bond acceptors (Lipinski definition) is 3. The molecule has 0 aliphatic heterocycles. The van der Waals surface area contributed by atoms with Gasteiger partial charge in [0, 0.05) is 6.54 Å². The van der Waals surface area contributed by atoms with Gasteiger partial charge in [-0.15, -0.1) is 0 Å². The lowest BCUT2D eigenvalue weighted by molar-refractivity contribution is -0.142. The van der Waals surface area contributed by atoms with E-state index in [1.807, 2.05) is 36.2 Å². The molecular formula is C13H19NO3. The number of carbonyl (C=O) groups is 1. The quantitative estimate of drug-likeness (QED) is 0.817. The highest BCUT2D eigenvalue weighted by Gasteiger charge is 2.16. The van der Waals surface area contributed by atoms with Crippen LogP contribution in [0.2, 0.25) is 0 Å². The Bertz CT molecular complexity index is 379. The molecule has 0 amide bonds. The van der Waals surface area contributed by atoms with Gasteiger partial charge in [-0.1, -0.05) is 18.2 Å². The highest BCUT2D eigenvalue weighted by Crippen LogP contribution is 2.18. The third kappa shape index (κ3) is 3.75. The number of hydrogen-bond donors (Lipinski definition) is 1. The van der Waals surface area contributed by atoms with Gasteiger partial charge in [0.2, 0.25) is 0 Å². The smallest absolute Gasteiger partial charge is 0.320 e. The van der Waals surface area contributed by atoms with E-state index < -0.39 is 12.0 Å². The Labute approximate surface area is 102 Å². The second-order valence-corrected chi connectivity index (χ2v) is 4.06. The SMILES string of the molecule is COc1ccccc1CCN(C)C(C)C(=O)O. The van der Waals surface area contributed by atoms with Crippen LogP contribution >= 0.6 is 0 Å². The van der Waals surface area contributed by atoms with Crippen molar-refractivity contribution in [2.75, 3.05) is 20.7 Å². The molecule has 94 valence electrons. The summed E-state index contributed by atoms with van der Waals surface area (Å²) < 4.78 is 5.25. The van der Waals surface area contributed by atoms with Crippen LogP contribution in [0.5, 0.6) is 5.75 Å². The molecule has 0 bridgehead atoms. The number of likely N-dealkylation sites (N-methyl/N-ethyl adjacent to an activating group) is 1. The molecule has 1 rings (SSSR count). The first kappa shape index (κ1) is 13.5. The minimum Gasteiger partial charge on any atom is -0.496 e. The fraction of sp³-hybridized carbons (Fsp3) is 0.462. The number of carboxylic acid groups (broad SMARTS) is 1. The lowest BCUT2D eigenvalue weighted by atomic mass is 10.1. The monoisotopic (exact) mass is 237 g/mol. The summed E-state index contributed by atoms with van der Waals surface area (Å²) >= 11 is 0. The summed E-state index contributed by atoms with van der Waals surface area (Å²) in [7, 11) is 3.45. The van der Waals surface area contributed by atoms with Crippen LogP contribution in [0.1, 0.15) is 12.5 Å². The number of ether oxygens (including phenoxy) is 1. The molecule has 0 aliphatic rings. The zero-order valence-electron chi connectivity index (χ0n) is 10.5. The third-order valence-corrected chi connectivity index (χ3v) is 2.94. The van der Waals surface area contributed by atoms with Gasteiger partial charge in [0.1, 0.15) is 11.8 Å². The Balaban J connectivity index is 2.58. The lowest BCUT2D eigenvalue weighted by Gasteiger charge is -2.21. The molecule has 0 aromatic heterocycles. The second-order valence-electron chi connectivity index (χ2n) is 4.06. The summed E-state index contributed by atoms with van der Waals surface area (Å²) in [5, 5.41) is 8.88.